The fourth-order valence-electron chi connectivity index (χ4n) is 4.35. The van der Waals surface area contributed by atoms with Crippen LogP contribution in [0.4, 0.5) is 5.69 Å². The van der Waals surface area contributed by atoms with E-state index in [1.807, 2.05) is 30.7 Å². The van der Waals surface area contributed by atoms with Gasteiger partial charge in [0, 0.05) is 71.6 Å². The molecular weight excluding hydrogens is 386 g/mol. The first kappa shape index (κ1) is 19.6. The van der Waals surface area contributed by atoms with E-state index in [2.05, 4.69) is 62.5 Å². The number of H-pyrrole nitrogens is 1. The molecule has 0 amide bonds. The van der Waals surface area contributed by atoms with Gasteiger partial charge in [0.2, 0.25) is 5.88 Å². The van der Waals surface area contributed by atoms with Crippen LogP contribution in [0.5, 0.6) is 5.88 Å². The molecule has 158 valence electrons. The van der Waals surface area contributed by atoms with Crippen LogP contribution in [-0.2, 0) is 0 Å². The Morgan fingerprint density at radius 1 is 0.968 bits per heavy atom. The van der Waals surface area contributed by atoms with E-state index < -0.39 is 0 Å². The third-order valence-electron chi connectivity index (χ3n) is 6.26. The molecule has 2 N–H and O–H groups in total. The van der Waals surface area contributed by atoms with Gasteiger partial charge in [0.25, 0.3) is 0 Å². The average molecular weight is 414 g/mol. The maximum atomic E-state index is 5.18. The summed E-state index contributed by atoms with van der Waals surface area (Å²) in [5.74, 6) is 0.609. The number of aromatic amines is 1. The van der Waals surface area contributed by atoms with Gasteiger partial charge in [-0.25, -0.2) is 9.97 Å². The topological polar surface area (TPSA) is 66.1 Å². The Bertz CT molecular complexity index is 1160. The molecule has 3 aromatic heterocycles. The van der Waals surface area contributed by atoms with Crippen molar-refractivity contribution < 1.29 is 4.74 Å². The lowest BCUT2D eigenvalue weighted by Crippen LogP contribution is -2.41. The van der Waals surface area contributed by atoms with E-state index in [9.17, 15) is 0 Å². The maximum absolute atomic E-state index is 5.18. The molecule has 6 heteroatoms. The molecule has 0 bridgehead atoms. The molecule has 4 aromatic rings. The number of benzene rings is 1. The minimum Gasteiger partial charge on any atom is -0.481 e. The lowest BCUT2D eigenvalue weighted by Gasteiger charge is -2.33. The molecule has 0 saturated carbocycles. The number of hydrogen-bond donors (Lipinski definition) is 2. The number of ether oxygens (including phenoxy) is 1. The third kappa shape index (κ3) is 3.86. The Balaban J connectivity index is 1.41. The van der Waals surface area contributed by atoms with E-state index in [1.165, 1.54) is 24.1 Å². The first-order valence-electron chi connectivity index (χ1n) is 10.8. The van der Waals surface area contributed by atoms with Crippen LogP contribution < -0.4 is 15.0 Å². The summed E-state index contributed by atoms with van der Waals surface area (Å²) >= 11 is 0. The lowest BCUT2D eigenvalue weighted by atomic mass is 10.0. The van der Waals surface area contributed by atoms with Gasteiger partial charge in [-0.2, -0.15) is 0 Å². The summed E-state index contributed by atoms with van der Waals surface area (Å²) in [5.41, 5.74) is 6.56. The highest BCUT2D eigenvalue weighted by Crippen LogP contribution is 2.32. The second-order valence-electron chi connectivity index (χ2n) is 8.01. The zero-order valence-corrected chi connectivity index (χ0v) is 17.9. The minimum absolute atomic E-state index is 0.609. The van der Waals surface area contributed by atoms with Crippen LogP contribution in [0.2, 0.25) is 0 Å². The van der Waals surface area contributed by atoms with Gasteiger partial charge >= 0.3 is 0 Å². The molecule has 1 aliphatic heterocycles. The van der Waals surface area contributed by atoms with Crippen molar-refractivity contribution in [2.75, 3.05) is 32.1 Å². The van der Waals surface area contributed by atoms with Crippen LogP contribution in [0.25, 0.3) is 33.3 Å². The predicted octanol–water partition coefficient (Wildman–Crippen LogP) is 4.49. The number of methoxy groups -OCH3 is 1. The van der Waals surface area contributed by atoms with Crippen LogP contribution in [-0.4, -0.2) is 48.2 Å². The Labute approximate surface area is 182 Å². The summed E-state index contributed by atoms with van der Waals surface area (Å²) in [4.78, 5) is 14.7. The summed E-state index contributed by atoms with van der Waals surface area (Å²) in [7, 11) is 3.68. The van der Waals surface area contributed by atoms with Crippen molar-refractivity contribution in [1.29, 1.82) is 0 Å². The van der Waals surface area contributed by atoms with E-state index in [4.69, 9.17) is 4.74 Å². The Hall–Kier alpha value is -3.38. The number of fused-ring (bicyclic) bond motifs is 1. The van der Waals surface area contributed by atoms with Crippen molar-refractivity contribution >= 4 is 16.7 Å². The van der Waals surface area contributed by atoms with Gasteiger partial charge in [-0.3, -0.25) is 0 Å². The smallest absolute Gasteiger partial charge is 0.212 e. The van der Waals surface area contributed by atoms with Crippen molar-refractivity contribution in [2.45, 2.75) is 18.9 Å². The third-order valence-corrected chi connectivity index (χ3v) is 6.26. The molecule has 1 aromatic carbocycles. The highest BCUT2D eigenvalue weighted by atomic mass is 16.5. The molecule has 4 heterocycles. The molecule has 1 fully saturated rings. The molecule has 0 aliphatic carbocycles. The Kier molecular flexibility index (Phi) is 5.30. The van der Waals surface area contributed by atoms with Gasteiger partial charge in [-0.05, 0) is 49.7 Å². The standard InChI is InChI=1S/C25H27N5O/c1-26-20-9-11-30(12-10-20)21-6-3-17(4-7-21)19-13-22-23(16-29-25(22)28-15-19)18-5-8-24(31-2)27-14-18/h3-8,13-16,20,26H,9-12H2,1-2H3,(H,28,29). The Morgan fingerprint density at radius 3 is 2.39 bits per heavy atom. The van der Waals surface area contributed by atoms with Gasteiger partial charge in [-0.1, -0.05) is 12.1 Å². The summed E-state index contributed by atoms with van der Waals surface area (Å²) in [6.45, 7) is 2.20. The van der Waals surface area contributed by atoms with E-state index in [1.54, 1.807) is 7.11 Å². The second kappa shape index (κ2) is 8.40. The SMILES string of the molecule is CNC1CCN(c2ccc(-c3cnc4[nH]cc(-c5ccc(OC)nc5)c4c3)cc2)CC1. The Morgan fingerprint density at radius 2 is 1.71 bits per heavy atom. The molecular formula is C25H27N5O. The van der Waals surface area contributed by atoms with Gasteiger partial charge < -0.3 is 19.9 Å². The maximum Gasteiger partial charge on any atom is 0.212 e. The average Bonchev–Trinajstić information content (AvgIpc) is 3.27. The fraction of sp³-hybridized carbons (Fsp3) is 0.280. The van der Waals surface area contributed by atoms with Crippen LogP contribution >= 0.6 is 0 Å². The largest absolute Gasteiger partial charge is 0.481 e. The summed E-state index contributed by atoms with van der Waals surface area (Å²) in [5, 5.41) is 4.48. The number of rotatable bonds is 5. The number of nitrogens with zero attached hydrogens (tertiary/aromatic N) is 3. The summed E-state index contributed by atoms with van der Waals surface area (Å²) in [6, 6.07) is 15.6. The first-order chi connectivity index (χ1) is 15.2. The molecule has 0 atom stereocenters. The predicted molar refractivity (Wildman–Crippen MR) is 126 cm³/mol. The first-order valence-corrected chi connectivity index (χ1v) is 10.8. The molecule has 0 radical (unpaired) electrons. The van der Waals surface area contributed by atoms with Crippen molar-refractivity contribution in [3.63, 3.8) is 0 Å². The van der Waals surface area contributed by atoms with E-state index in [0.29, 0.717) is 11.9 Å². The zero-order chi connectivity index (χ0) is 21.2. The summed E-state index contributed by atoms with van der Waals surface area (Å²) in [6.07, 6.45) is 8.13. The normalized spacial score (nSPS) is 14.8. The minimum atomic E-state index is 0.609. The van der Waals surface area contributed by atoms with Gasteiger partial charge in [0.15, 0.2) is 0 Å². The van der Waals surface area contributed by atoms with Crippen LogP contribution in [0.1, 0.15) is 12.8 Å². The van der Waals surface area contributed by atoms with Crippen molar-refractivity contribution in [3.05, 3.63) is 61.1 Å². The van der Waals surface area contributed by atoms with E-state index in [-0.39, 0.29) is 0 Å². The van der Waals surface area contributed by atoms with E-state index in [0.717, 1.165) is 40.8 Å². The highest BCUT2D eigenvalue weighted by Gasteiger charge is 2.18. The molecule has 6 nitrogen and oxygen atoms in total. The fourth-order valence-corrected chi connectivity index (χ4v) is 4.35. The zero-order valence-electron chi connectivity index (χ0n) is 17.9. The van der Waals surface area contributed by atoms with Gasteiger partial charge in [0.1, 0.15) is 5.65 Å². The number of pyridine rings is 2. The molecule has 0 unspecified atom stereocenters. The quantitative estimate of drug-likeness (QED) is 0.505. The molecule has 31 heavy (non-hydrogen) atoms. The number of anilines is 1. The van der Waals surface area contributed by atoms with E-state index >= 15 is 0 Å². The van der Waals surface area contributed by atoms with Crippen molar-refractivity contribution in [3.8, 4) is 28.1 Å². The van der Waals surface area contributed by atoms with Crippen molar-refractivity contribution in [2.24, 2.45) is 0 Å². The van der Waals surface area contributed by atoms with Crippen LogP contribution in [0.3, 0.4) is 0 Å². The van der Waals surface area contributed by atoms with Crippen LogP contribution in [0, 0.1) is 0 Å². The number of hydrogen-bond acceptors (Lipinski definition) is 5. The molecule has 1 saturated heterocycles. The van der Waals surface area contributed by atoms with Gasteiger partial charge in [-0.15, -0.1) is 0 Å². The number of nitrogens with one attached hydrogen (secondary N) is 2. The van der Waals surface area contributed by atoms with Crippen LogP contribution in [0.15, 0.2) is 61.1 Å². The van der Waals surface area contributed by atoms with Gasteiger partial charge in [0.05, 0.1) is 7.11 Å². The monoisotopic (exact) mass is 413 g/mol. The molecule has 1 aliphatic rings. The summed E-state index contributed by atoms with van der Waals surface area (Å²) < 4.78 is 5.18. The lowest BCUT2D eigenvalue weighted by molar-refractivity contribution is 0.398. The second-order valence-corrected chi connectivity index (χ2v) is 8.01. The van der Waals surface area contributed by atoms with Crippen molar-refractivity contribution in [1.82, 2.24) is 20.3 Å². The highest BCUT2D eigenvalue weighted by molar-refractivity contribution is 5.95. The number of piperidine rings is 1. The molecule has 5 rings (SSSR count). The number of aromatic nitrogens is 3. The molecule has 0 spiro atoms.